The number of nitrogens with one attached hydrogen (secondary N) is 1. The zero-order valence-electron chi connectivity index (χ0n) is 38.8. The second-order valence-electron chi connectivity index (χ2n) is 18.3. The molecule has 1 aliphatic heterocycles. The Morgan fingerprint density at radius 3 is 1.20 bits per heavy atom. The Hall–Kier alpha value is -0.810. The first-order chi connectivity index (χ1) is 28.8. The Morgan fingerprint density at radius 1 is 0.508 bits per heavy atom. The van der Waals surface area contributed by atoms with Gasteiger partial charge in [-0.3, -0.25) is 4.79 Å². The molecule has 1 amide bonds. The monoisotopic (exact) mass is 842 g/mol. The Morgan fingerprint density at radius 2 is 0.847 bits per heavy atom. The van der Waals surface area contributed by atoms with Crippen molar-refractivity contribution in [3.8, 4) is 0 Å². The van der Waals surface area contributed by atoms with E-state index in [1.54, 1.807) is 0 Å². The van der Waals surface area contributed by atoms with Gasteiger partial charge >= 0.3 is 0 Å². The van der Waals surface area contributed by atoms with Crippen LogP contribution in [0.3, 0.4) is 0 Å². The Labute approximate surface area is 364 Å². The van der Waals surface area contributed by atoms with Crippen molar-refractivity contribution in [3.63, 3.8) is 0 Å². The van der Waals surface area contributed by atoms with Crippen LogP contribution >= 0.6 is 0 Å². The normalized spacial score (nSPS) is 20.6. The SMILES string of the molecule is CCCCCCCCCCCCCCCCCCCCCCCCCCCCCC(=O)N[C@@H](CO[C@@H]1O[C@H](CO)[C@@H](O)C(O)C1O)[C@H](O)CCCCCCCCCCC. The number of amides is 1. The quantitative estimate of drug-likeness (QED) is 0.0332. The minimum Gasteiger partial charge on any atom is -0.394 e. The van der Waals surface area contributed by atoms with Crippen molar-refractivity contribution in [2.45, 2.75) is 301 Å². The van der Waals surface area contributed by atoms with Crippen molar-refractivity contribution in [1.82, 2.24) is 5.32 Å². The molecule has 9 nitrogen and oxygen atoms in total. The lowest BCUT2D eigenvalue weighted by atomic mass is 9.99. The third-order valence-electron chi connectivity index (χ3n) is 12.7. The summed E-state index contributed by atoms with van der Waals surface area (Å²) in [6.07, 6.45) is 40.0. The fraction of sp³-hybridized carbons (Fsp3) is 0.980. The van der Waals surface area contributed by atoms with Gasteiger partial charge in [0.25, 0.3) is 0 Å². The van der Waals surface area contributed by atoms with E-state index < -0.39 is 49.5 Å². The van der Waals surface area contributed by atoms with Crippen LogP contribution < -0.4 is 5.32 Å². The standard InChI is InChI=1S/C50H99NO8/c1-3-5-7-9-11-13-14-15-16-17-18-19-20-21-22-23-24-25-26-27-28-29-30-32-34-36-38-40-46(54)51-43(44(53)39-37-35-33-31-12-10-8-6-4-2)42-58-50-49(57)48(56)47(55)45(41-52)59-50/h43-45,47-50,52-53,55-57H,3-42H2,1-2H3,(H,51,54)/t43-,44+,45+,47+,48?,49?,50+/m0/s1. The number of hydrogen-bond acceptors (Lipinski definition) is 8. The third-order valence-corrected chi connectivity index (χ3v) is 12.7. The minimum atomic E-state index is -1.55. The fourth-order valence-electron chi connectivity index (χ4n) is 8.58. The van der Waals surface area contributed by atoms with Crippen LogP contribution in [0, 0.1) is 0 Å². The number of ether oxygens (including phenoxy) is 2. The van der Waals surface area contributed by atoms with Crippen molar-refractivity contribution in [3.05, 3.63) is 0 Å². The molecule has 6 N–H and O–H groups in total. The summed E-state index contributed by atoms with van der Waals surface area (Å²) in [6, 6.07) is -0.710. The summed E-state index contributed by atoms with van der Waals surface area (Å²) < 4.78 is 11.2. The van der Waals surface area contributed by atoms with E-state index in [4.69, 9.17) is 9.47 Å². The molecule has 1 saturated heterocycles. The van der Waals surface area contributed by atoms with Crippen molar-refractivity contribution < 1.29 is 39.8 Å². The Kier molecular flexibility index (Phi) is 39.3. The molecule has 0 aliphatic carbocycles. The van der Waals surface area contributed by atoms with E-state index in [2.05, 4.69) is 19.2 Å². The molecular formula is C50H99NO8. The fourth-order valence-corrected chi connectivity index (χ4v) is 8.58. The average molecular weight is 842 g/mol. The van der Waals surface area contributed by atoms with Crippen LogP contribution in [-0.2, 0) is 14.3 Å². The summed E-state index contributed by atoms with van der Waals surface area (Å²) in [5.41, 5.74) is 0. The highest BCUT2D eigenvalue weighted by Gasteiger charge is 2.44. The highest BCUT2D eigenvalue weighted by Crippen LogP contribution is 2.23. The summed E-state index contributed by atoms with van der Waals surface area (Å²) in [7, 11) is 0. The van der Waals surface area contributed by atoms with E-state index in [1.165, 1.54) is 193 Å². The molecule has 59 heavy (non-hydrogen) atoms. The van der Waals surface area contributed by atoms with Gasteiger partial charge in [-0.2, -0.15) is 0 Å². The van der Waals surface area contributed by atoms with Gasteiger partial charge in [-0.15, -0.1) is 0 Å². The molecule has 1 fully saturated rings. The van der Waals surface area contributed by atoms with E-state index in [-0.39, 0.29) is 12.5 Å². The van der Waals surface area contributed by atoms with Crippen LogP contribution in [0.1, 0.15) is 258 Å². The predicted molar refractivity (Wildman–Crippen MR) is 244 cm³/mol. The van der Waals surface area contributed by atoms with Crippen molar-refractivity contribution in [2.24, 2.45) is 0 Å². The maximum atomic E-state index is 13.0. The molecule has 0 spiro atoms. The number of unbranched alkanes of at least 4 members (excludes halogenated alkanes) is 34. The van der Waals surface area contributed by atoms with Gasteiger partial charge in [0, 0.05) is 6.42 Å². The Bertz CT molecular complexity index is 893. The molecule has 7 atom stereocenters. The highest BCUT2D eigenvalue weighted by atomic mass is 16.7. The van der Waals surface area contributed by atoms with Gasteiger partial charge in [0.1, 0.15) is 24.4 Å². The molecule has 9 heteroatoms. The molecule has 352 valence electrons. The zero-order chi connectivity index (χ0) is 43.0. The lowest BCUT2D eigenvalue weighted by Crippen LogP contribution is -2.60. The number of aliphatic hydroxyl groups excluding tert-OH is 5. The van der Waals surface area contributed by atoms with Gasteiger partial charge in [0.2, 0.25) is 5.91 Å². The van der Waals surface area contributed by atoms with Gasteiger partial charge in [-0.05, 0) is 12.8 Å². The summed E-state index contributed by atoms with van der Waals surface area (Å²) in [5, 5.41) is 54.3. The smallest absolute Gasteiger partial charge is 0.220 e. The lowest BCUT2D eigenvalue weighted by molar-refractivity contribution is -0.302. The van der Waals surface area contributed by atoms with Crippen LogP contribution in [-0.4, -0.2) is 87.5 Å². The van der Waals surface area contributed by atoms with E-state index >= 15 is 0 Å². The van der Waals surface area contributed by atoms with E-state index in [0.717, 1.165) is 38.5 Å². The molecule has 0 radical (unpaired) electrons. The maximum Gasteiger partial charge on any atom is 0.220 e. The summed E-state index contributed by atoms with van der Waals surface area (Å²) in [6.45, 7) is 3.83. The first kappa shape index (κ1) is 56.2. The Balaban J connectivity index is 2.11. The van der Waals surface area contributed by atoms with Gasteiger partial charge in [0.05, 0.1) is 25.4 Å². The lowest BCUT2D eigenvalue weighted by Gasteiger charge is -2.40. The third kappa shape index (κ3) is 31.6. The number of hydrogen-bond donors (Lipinski definition) is 6. The van der Waals surface area contributed by atoms with Gasteiger partial charge in [-0.25, -0.2) is 0 Å². The average Bonchev–Trinajstić information content (AvgIpc) is 3.23. The number of carbonyl (C=O) groups excluding carboxylic acids is 1. The van der Waals surface area contributed by atoms with Gasteiger partial charge in [-0.1, -0.05) is 239 Å². The largest absolute Gasteiger partial charge is 0.394 e. The van der Waals surface area contributed by atoms with Crippen molar-refractivity contribution in [2.75, 3.05) is 13.2 Å². The van der Waals surface area contributed by atoms with Crippen LogP contribution in [0.2, 0.25) is 0 Å². The van der Waals surface area contributed by atoms with Crippen LogP contribution in [0.4, 0.5) is 0 Å². The van der Waals surface area contributed by atoms with Crippen LogP contribution in [0.25, 0.3) is 0 Å². The molecule has 0 bridgehead atoms. The molecule has 0 aromatic rings. The first-order valence-electron chi connectivity index (χ1n) is 25.7. The first-order valence-corrected chi connectivity index (χ1v) is 25.7. The molecule has 0 aromatic heterocycles. The van der Waals surface area contributed by atoms with Crippen LogP contribution in [0.5, 0.6) is 0 Å². The summed E-state index contributed by atoms with van der Waals surface area (Å²) in [4.78, 5) is 13.0. The second kappa shape index (κ2) is 41.2. The van der Waals surface area contributed by atoms with E-state index in [1.807, 2.05) is 0 Å². The molecule has 1 rings (SSSR count). The molecule has 0 aromatic carbocycles. The second-order valence-corrected chi connectivity index (χ2v) is 18.3. The number of aliphatic hydroxyl groups is 5. The molecule has 1 heterocycles. The zero-order valence-corrected chi connectivity index (χ0v) is 38.8. The predicted octanol–water partition coefficient (Wildman–Crippen LogP) is 11.5. The maximum absolute atomic E-state index is 13.0. The number of rotatable bonds is 44. The molecule has 2 unspecified atom stereocenters. The van der Waals surface area contributed by atoms with Gasteiger partial charge < -0.3 is 40.3 Å². The summed E-state index contributed by atoms with van der Waals surface area (Å²) in [5.74, 6) is -0.141. The topological polar surface area (TPSA) is 149 Å². The van der Waals surface area contributed by atoms with E-state index in [9.17, 15) is 30.3 Å². The molecule has 1 aliphatic rings. The highest BCUT2D eigenvalue weighted by molar-refractivity contribution is 5.76. The van der Waals surface area contributed by atoms with Crippen LogP contribution in [0.15, 0.2) is 0 Å². The van der Waals surface area contributed by atoms with Gasteiger partial charge in [0.15, 0.2) is 6.29 Å². The molecule has 0 saturated carbocycles. The van der Waals surface area contributed by atoms with Crippen molar-refractivity contribution in [1.29, 1.82) is 0 Å². The van der Waals surface area contributed by atoms with E-state index in [0.29, 0.717) is 12.8 Å². The minimum absolute atomic E-state index is 0.132. The number of carbonyl (C=O) groups is 1. The van der Waals surface area contributed by atoms with Crippen molar-refractivity contribution >= 4 is 5.91 Å². The summed E-state index contributed by atoms with van der Waals surface area (Å²) >= 11 is 0. The molecular weight excluding hydrogens is 743 g/mol.